The molecule has 94 valence electrons. The normalized spacial score (nSPS) is 10.1. The van der Waals surface area contributed by atoms with Crippen molar-refractivity contribution in [2.75, 3.05) is 18.5 Å². The third kappa shape index (κ3) is 3.79. The highest BCUT2D eigenvalue weighted by Gasteiger charge is 2.17. The van der Waals surface area contributed by atoms with Crippen LogP contribution in [0.15, 0.2) is 0 Å². The van der Waals surface area contributed by atoms with Crippen molar-refractivity contribution in [3.8, 4) is 0 Å². The van der Waals surface area contributed by atoms with Gasteiger partial charge in [0.2, 0.25) is 5.91 Å². The zero-order valence-corrected chi connectivity index (χ0v) is 10.6. The van der Waals surface area contributed by atoms with E-state index in [4.69, 9.17) is 10.5 Å². The average molecular weight is 257 g/mol. The number of amides is 1. The molecule has 0 aliphatic heterocycles. The summed E-state index contributed by atoms with van der Waals surface area (Å²) in [6.07, 6.45) is 0.230. The van der Waals surface area contributed by atoms with Crippen LogP contribution in [0.4, 0.5) is 5.13 Å². The molecule has 1 heterocycles. The van der Waals surface area contributed by atoms with Gasteiger partial charge in [-0.3, -0.25) is 4.79 Å². The molecular weight excluding hydrogens is 242 g/mol. The fourth-order valence-corrected chi connectivity index (χ4v) is 2.03. The summed E-state index contributed by atoms with van der Waals surface area (Å²) in [5.41, 5.74) is 5.81. The van der Waals surface area contributed by atoms with Crippen molar-refractivity contribution >= 4 is 28.3 Å². The number of anilines is 1. The molecule has 0 aliphatic rings. The molecule has 0 unspecified atom stereocenters. The van der Waals surface area contributed by atoms with Gasteiger partial charge in [0.1, 0.15) is 4.88 Å². The monoisotopic (exact) mass is 257 g/mol. The fraction of sp³-hybridized carbons (Fsp3) is 0.500. The lowest BCUT2D eigenvalue weighted by atomic mass is 10.4. The van der Waals surface area contributed by atoms with Gasteiger partial charge >= 0.3 is 5.97 Å². The first-order chi connectivity index (χ1) is 8.08. The van der Waals surface area contributed by atoms with E-state index in [2.05, 4.69) is 10.3 Å². The van der Waals surface area contributed by atoms with Gasteiger partial charge in [0.25, 0.3) is 0 Å². The summed E-state index contributed by atoms with van der Waals surface area (Å²) in [4.78, 5) is 27.3. The first-order valence-electron chi connectivity index (χ1n) is 5.23. The molecule has 0 radical (unpaired) electrons. The van der Waals surface area contributed by atoms with Crippen LogP contribution in [0, 0.1) is 6.92 Å². The number of esters is 1. The number of nitrogens with two attached hydrogens (primary N) is 1. The van der Waals surface area contributed by atoms with E-state index < -0.39 is 5.97 Å². The molecule has 0 aromatic carbocycles. The van der Waals surface area contributed by atoms with Gasteiger partial charge in [-0.05, 0) is 13.8 Å². The lowest BCUT2D eigenvalue weighted by Gasteiger charge is -1.98. The van der Waals surface area contributed by atoms with Crippen LogP contribution in [0.1, 0.15) is 28.7 Å². The van der Waals surface area contributed by atoms with E-state index in [0.717, 1.165) is 11.3 Å². The number of hydrogen-bond acceptors (Lipinski definition) is 6. The van der Waals surface area contributed by atoms with Gasteiger partial charge in [-0.25, -0.2) is 9.78 Å². The molecule has 1 aromatic heterocycles. The molecule has 0 aliphatic carbocycles. The van der Waals surface area contributed by atoms with Gasteiger partial charge in [-0.1, -0.05) is 11.3 Å². The van der Waals surface area contributed by atoms with E-state index in [1.165, 1.54) is 0 Å². The topological polar surface area (TPSA) is 94.3 Å². The van der Waals surface area contributed by atoms with Crippen LogP contribution in [0.25, 0.3) is 0 Å². The van der Waals surface area contributed by atoms with Gasteiger partial charge in [-0.2, -0.15) is 0 Å². The number of aromatic nitrogens is 1. The fourth-order valence-electron chi connectivity index (χ4n) is 1.15. The van der Waals surface area contributed by atoms with Gasteiger partial charge in [-0.15, -0.1) is 0 Å². The number of thiazole rings is 1. The summed E-state index contributed by atoms with van der Waals surface area (Å²) in [5.74, 6) is -0.626. The second-order valence-electron chi connectivity index (χ2n) is 3.24. The lowest BCUT2D eigenvalue weighted by molar-refractivity contribution is -0.116. The Balaban J connectivity index is 2.74. The summed E-state index contributed by atoms with van der Waals surface area (Å²) in [6, 6.07) is 0. The molecule has 1 rings (SSSR count). The third-order valence-electron chi connectivity index (χ3n) is 1.88. The van der Waals surface area contributed by atoms with E-state index in [1.54, 1.807) is 13.8 Å². The Hall–Kier alpha value is -1.47. The maximum absolute atomic E-state index is 11.5. The van der Waals surface area contributed by atoms with Crippen molar-refractivity contribution in [1.82, 2.24) is 4.98 Å². The highest BCUT2D eigenvalue weighted by Crippen LogP contribution is 2.23. The SMILES string of the molecule is CCOC(=O)c1sc(NC(=O)CCN)nc1C. The Morgan fingerprint density at radius 2 is 2.24 bits per heavy atom. The number of hydrogen-bond donors (Lipinski definition) is 2. The minimum atomic E-state index is -0.415. The summed E-state index contributed by atoms with van der Waals surface area (Å²) >= 11 is 1.10. The van der Waals surface area contributed by atoms with Crippen LogP contribution in [-0.4, -0.2) is 30.0 Å². The second-order valence-corrected chi connectivity index (χ2v) is 4.24. The van der Waals surface area contributed by atoms with Crippen molar-refractivity contribution in [3.63, 3.8) is 0 Å². The maximum atomic E-state index is 11.5. The Kier molecular flexibility index (Phi) is 5.05. The van der Waals surface area contributed by atoms with Crippen LogP contribution in [-0.2, 0) is 9.53 Å². The molecule has 0 spiro atoms. The van der Waals surface area contributed by atoms with Gasteiger partial charge < -0.3 is 15.8 Å². The molecule has 6 nitrogen and oxygen atoms in total. The zero-order chi connectivity index (χ0) is 12.8. The van der Waals surface area contributed by atoms with Crippen molar-refractivity contribution in [2.24, 2.45) is 5.73 Å². The standard InChI is InChI=1S/C10H15N3O3S/c1-3-16-9(15)8-6(2)12-10(17-8)13-7(14)4-5-11/h3-5,11H2,1-2H3,(H,12,13,14). The Morgan fingerprint density at radius 1 is 1.53 bits per heavy atom. The van der Waals surface area contributed by atoms with Crippen LogP contribution < -0.4 is 11.1 Å². The zero-order valence-electron chi connectivity index (χ0n) is 9.78. The summed E-state index contributed by atoms with van der Waals surface area (Å²) in [6.45, 7) is 4.02. The number of ether oxygens (including phenoxy) is 1. The summed E-state index contributed by atoms with van der Waals surface area (Å²) in [7, 11) is 0. The number of carbonyl (C=O) groups excluding carboxylic acids is 2. The van der Waals surface area contributed by atoms with E-state index in [0.29, 0.717) is 22.3 Å². The minimum Gasteiger partial charge on any atom is -0.462 e. The van der Waals surface area contributed by atoms with Crippen LogP contribution in [0.3, 0.4) is 0 Å². The number of carbonyl (C=O) groups is 2. The predicted molar refractivity (Wildman–Crippen MR) is 65.1 cm³/mol. The molecule has 0 fully saturated rings. The molecule has 1 amide bonds. The molecule has 0 atom stereocenters. The number of aryl methyl sites for hydroxylation is 1. The molecule has 3 N–H and O–H groups in total. The predicted octanol–water partition coefficient (Wildman–Crippen LogP) is 0.916. The van der Waals surface area contributed by atoms with Crippen molar-refractivity contribution in [1.29, 1.82) is 0 Å². The lowest BCUT2D eigenvalue weighted by Crippen LogP contribution is -2.15. The largest absolute Gasteiger partial charge is 0.462 e. The smallest absolute Gasteiger partial charge is 0.350 e. The quantitative estimate of drug-likeness (QED) is 0.765. The molecule has 0 bridgehead atoms. The number of nitrogens with zero attached hydrogens (tertiary/aromatic N) is 1. The summed E-state index contributed by atoms with van der Waals surface area (Å²) < 4.78 is 4.87. The van der Waals surface area contributed by atoms with Gasteiger partial charge in [0, 0.05) is 13.0 Å². The second kappa shape index (κ2) is 6.31. The Bertz CT molecular complexity index is 417. The molecular formula is C10H15N3O3S. The highest BCUT2D eigenvalue weighted by atomic mass is 32.1. The van der Waals surface area contributed by atoms with Crippen LogP contribution >= 0.6 is 11.3 Å². The number of nitrogens with one attached hydrogen (secondary N) is 1. The van der Waals surface area contributed by atoms with Crippen molar-refractivity contribution in [2.45, 2.75) is 20.3 Å². The molecule has 0 saturated heterocycles. The van der Waals surface area contributed by atoms with Crippen LogP contribution in [0.2, 0.25) is 0 Å². The Labute approximate surface area is 103 Å². The van der Waals surface area contributed by atoms with E-state index in [-0.39, 0.29) is 18.9 Å². The first-order valence-corrected chi connectivity index (χ1v) is 6.04. The average Bonchev–Trinajstić information content (AvgIpc) is 2.60. The number of rotatable bonds is 5. The molecule has 1 aromatic rings. The third-order valence-corrected chi connectivity index (χ3v) is 2.93. The van der Waals surface area contributed by atoms with E-state index >= 15 is 0 Å². The van der Waals surface area contributed by atoms with Crippen molar-refractivity contribution in [3.05, 3.63) is 10.6 Å². The van der Waals surface area contributed by atoms with Gasteiger partial charge in [0.05, 0.1) is 12.3 Å². The molecule has 0 saturated carbocycles. The molecule has 7 heteroatoms. The van der Waals surface area contributed by atoms with Gasteiger partial charge in [0.15, 0.2) is 5.13 Å². The van der Waals surface area contributed by atoms with Crippen LogP contribution in [0.5, 0.6) is 0 Å². The molecule has 17 heavy (non-hydrogen) atoms. The Morgan fingerprint density at radius 3 is 2.82 bits per heavy atom. The van der Waals surface area contributed by atoms with E-state index in [1.807, 2.05) is 0 Å². The van der Waals surface area contributed by atoms with E-state index in [9.17, 15) is 9.59 Å². The first kappa shape index (κ1) is 13.6. The minimum absolute atomic E-state index is 0.211. The highest BCUT2D eigenvalue weighted by molar-refractivity contribution is 7.17. The van der Waals surface area contributed by atoms with Crippen molar-refractivity contribution < 1.29 is 14.3 Å². The summed E-state index contributed by atoms with van der Waals surface area (Å²) in [5, 5.41) is 2.97. The maximum Gasteiger partial charge on any atom is 0.350 e.